The van der Waals surface area contributed by atoms with Gasteiger partial charge in [-0.1, -0.05) is 26.0 Å². The molecule has 0 saturated carbocycles. The molecular weight excluding hydrogens is 333 g/mol. The SMILES string of the molecule is CC(C)(c1ccc(F)cc1)C(Cc1cncc(Br)c1)NN. The number of rotatable bonds is 5. The van der Waals surface area contributed by atoms with Crippen molar-refractivity contribution in [3.8, 4) is 0 Å². The Bertz CT molecular complexity index is 599. The van der Waals surface area contributed by atoms with Gasteiger partial charge in [-0.3, -0.25) is 16.3 Å². The number of benzene rings is 1. The fourth-order valence-corrected chi connectivity index (χ4v) is 2.82. The average molecular weight is 352 g/mol. The third-order valence-corrected chi connectivity index (χ3v) is 4.30. The highest BCUT2D eigenvalue weighted by atomic mass is 79.9. The van der Waals surface area contributed by atoms with E-state index in [0.717, 1.165) is 22.0 Å². The summed E-state index contributed by atoms with van der Waals surface area (Å²) in [6.45, 7) is 4.19. The molecule has 21 heavy (non-hydrogen) atoms. The zero-order valence-corrected chi connectivity index (χ0v) is 13.7. The highest BCUT2D eigenvalue weighted by Crippen LogP contribution is 2.29. The molecule has 2 rings (SSSR count). The van der Waals surface area contributed by atoms with E-state index in [0.29, 0.717) is 0 Å². The fraction of sp³-hybridized carbons (Fsp3) is 0.312. The van der Waals surface area contributed by atoms with Crippen molar-refractivity contribution in [1.29, 1.82) is 0 Å². The molecule has 5 heteroatoms. The smallest absolute Gasteiger partial charge is 0.123 e. The Morgan fingerprint density at radius 2 is 1.95 bits per heavy atom. The molecule has 112 valence electrons. The Balaban J connectivity index is 2.24. The molecule has 0 aliphatic carbocycles. The summed E-state index contributed by atoms with van der Waals surface area (Å²) in [7, 11) is 0. The molecule has 1 heterocycles. The van der Waals surface area contributed by atoms with E-state index >= 15 is 0 Å². The van der Waals surface area contributed by atoms with Gasteiger partial charge < -0.3 is 0 Å². The van der Waals surface area contributed by atoms with Crippen molar-refractivity contribution in [1.82, 2.24) is 10.4 Å². The van der Waals surface area contributed by atoms with E-state index in [1.807, 2.05) is 12.3 Å². The molecule has 2 aromatic rings. The monoisotopic (exact) mass is 351 g/mol. The Morgan fingerprint density at radius 1 is 1.29 bits per heavy atom. The van der Waals surface area contributed by atoms with Gasteiger partial charge in [-0.15, -0.1) is 0 Å². The first-order chi connectivity index (χ1) is 9.93. The van der Waals surface area contributed by atoms with Gasteiger partial charge in [0, 0.05) is 28.3 Å². The van der Waals surface area contributed by atoms with E-state index in [-0.39, 0.29) is 17.3 Å². The predicted octanol–water partition coefficient (Wildman–Crippen LogP) is 3.34. The van der Waals surface area contributed by atoms with Crippen LogP contribution in [0.3, 0.4) is 0 Å². The number of halogens is 2. The van der Waals surface area contributed by atoms with Gasteiger partial charge >= 0.3 is 0 Å². The number of nitrogens with one attached hydrogen (secondary N) is 1. The zero-order chi connectivity index (χ0) is 15.5. The van der Waals surface area contributed by atoms with Crippen LogP contribution in [-0.2, 0) is 11.8 Å². The third kappa shape index (κ3) is 3.87. The highest BCUT2D eigenvalue weighted by Gasteiger charge is 2.30. The van der Waals surface area contributed by atoms with Gasteiger partial charge in [0.15, 0.2) is 0 Å². The van der Waals surface area contributed by atoms with Gasteiger partial charge in [0.2, 0.25) is 0 Å². The van der Waals surface area contributed by atoms with Gasteiger partial charge in [-0.05, 0) is 51.7 Å². The van der Waals surface area contributed by atoms with Crippen LogP contribution in [0, 0.1) is 5.82 Å². The van der Waals surface area contributed by atoms with Crippen molar-refractivity contribution >= 4 is 15.9 Å². The molecule has 0 fully saturated rings. The molecule has 0 bridgehead atoms. The maximum absolute atomic E-state index is 13.1. The Labute approximate surface area is 132 Å². The van der Waals surface area contributed by atoms with Gasteiger partial charge in [-0.25, -0.2) is 4.39 Å². The van der Waals surface area contributed by atoms with E-state index in [9.17, 15) is 4.39 Å². The van der Waals surface area contributed by atoms with E-state index < -0.39 is 0 Å². The summed E-state index contributed by atoms with van der Waals surface area (Å²) in [6.07, 6.45) is 4.31. The second-order valence-electron chi connectivity index (χ2n) is 5.66. The minimum Gasteiger partial charge on any atom is -0.271 e. The van der Waals surface area contributed by atoms with Gasteiger partial charge in [0.05, 0.1) is 0 Å². The van der Waals surface area contributed by atoms with Crippen LogP contribution in [0.4, 0.5) is 4.39 Å². The van der Waals surface area contributed by atoms with Crippen molar-refractivity contribution in [2.75, 3.05) is 0 Å². The van der Waals surface area contributed by atoms with Crippen LogP contribution < -0.4 is 11.3 Å². The van der Waals surface area contributed by atoms with E-state index in [2.05, 4.69) is 40.2 Å². The fourth-order valence-electron chi connectivity index (χ4n) is 2.41. The molecule has 3 N–H and O–H groups in total. The van der Waals surface area contributed by atoms with Crippen LogP contribution >= 0.6 is 15.9 Å². The maximum Gasteiger partial charge on any atom is 0.123 e. The van der Waals surface area contributed by atoms with E-state index in [1.54, 1.807) is 18.3 Å². The quantitative estimate of drug-likeness (QED) is 0.641. The first kappa shape index (κ1) is 16.1. The number of nitrogens with zero attached hydrogens (tertiary/aromatic N) is 1. The average Bonchev–Trinajstić information content (AvgIpc) is 2.45. The minimum absolute atomic E-state index is 0.000869. The lowest BCUT2D eigenvalue weighted by Gasteiger charge is -2.34. The standard InChI is InChI=1S/C16H19BrFN3/c1-16(2,12-3-5-14(18)6-4-12)15(21-19)8-11-7-13(17)10-20-9-11/h3-7,9-10,15,21H,8,19H2,1-2H3. The Kier molecular flexibility index (Phi) is 5.08. The van der Waals surface area contributed by atoms with Crippen molar-refractivity contribution in [2.24, 2.45) is 5.84 Å². The molecule has 0 amide bonds. The minimum atomic E-state index is -0.245. The van der Waals surface area contributed by atoms with Crippen molar-refractivity contribution < 1.29 is 4.39 Å². The van der Waals surface area contributed by atoms with Crippen LogP contribution in [0.5, 0.6) is 0 Å². The zero-order valence-electron chi connectivity index (χ0n) is 12.1. The molecule has 1 atom stereocenters. The Hall–Kier alpha value is -1.30. The van der Waals surface area contributed by atoms with Crippen LogP contribution in [-0.4, -0.2) is 11.0 Å². The van der Waals surface area contributed by atoms with Gasteiger partial charge in [0.1, 0.15) is 5.82 Å². The predicted molar refractivity (Wildman–Crippen MR) is 86.2 cm³/mol. The second-order valence-corrected chi connectivity index (χ2v) is 6.58. The van der Waals surface area contributed by atoms with Crippen LogP contribution in [0.2, 0.25) is 0 Å². The summed E-state index contributed by atoms with van der Waals surface area (Å²) >= 11 is 3.42. The molecule has 3 nitrogen and oxygen atoms in total. The lowest BCUT2D eigenvalue weighted by molar-refractivity contribution is 0.341. The molecule has 0 aliphatic rings. The largest absolute Gasteiger partial charge is 0.271 e. The molecule has 0 spiro atoms. The molecule has 1 aromatic heterocycles. The van der Waals surface area contributed by atoms with Crippen molar-refractivity contribution in [2.45, 2.75) is 31.7 Å². The molecule has 0 radical (unpaired) electrons. The van der Waals surface area contributed by atoms with E-state index in [1.165, 1.54) is 12.1 Å². The molecule has 0 saturated heterocycles. The lowest BCUT2D eigenvalue weighted by Crippen LogP contribution is -2.49. The van der Waals surface area contributed by atoms with Crippen LogP contribution in [0.15, 0.2) is 47.2 Å². The number of hydrazine groups is 1. The highest BCUT2D eigenvalue weighted by molar-refractivity contribution is 9.10. The van der Waals surface area contributed by atoms with Crippen molar-refractivity contribution in [3.05, 3.63) is 64.1 Å². The number of hydrogen-bond acceptors (Lipinski definition) is 3. The first-order valence-electron chi connectivity index (χ1n) is 6.75. The topological polar surface area (TPSA) is 50.9 Å². The summed E-state index contributed by atoms with van der Waals surface area (Å²) in [5.74, 6) is 5.52. The molecule has 1 aromatic carbocycles. The second kappa shape index (κ2) is 6.64. The lowest BCUT2D eigenvalue weighted by atomic mass is 9.76. The molecule has 0 aliphatic heterocycles. The number of pyridine rings is 1. The normalized spacial score (nSPS) is 13.2. The maximum atomic E-state index is 13.1. The summed E-state index contributed by atoms with van der Waals surface area (Å²) in [5, 5.41) is 0. The van der Waals surface area contributed by atoms with Gasteiger partial charge in [0.25, 0.3) is 0 Å². The van der Waals surface area contributed by atoms with E-state index in [4.69, 9.17) is 5.84 Å². The van der Waals surface area contributed by atoms with Crippen LogP contribution in [0.1, 0.15) is 25.0 Å². The Morgan fingerprint density at radius 3 is 2.52 bits per heavy atom. The first-order valence-corrected chi connectivity index (χ1v) is 7.54. The van der Waals surface area contributed by atoms with Crippen LogP contribution in [0.25, 0.3) is 0 Å². The third-order valence-electron chi connectivity index (χ3n) is 3.86. The molecule has 1 unspecified atom stereocenters. The summed E-state index contributed by atoms with van der Waals surface area (Å²) in [5.41, 5.74) is 4.76. The van der Waals surface area contributed by atoms with Gasteiger partial charge in [-0.2, -0.15) is 0 Å². The number of aromatic nitrogens is 1. The summed E-state index contributed by atoms with van der Waals surface area (Å²) in [6, 6.07) is 8.59. The summed E-state index contributed by atoms with van der Waals surface area (Å²) in [4.78, 5) is 4.17. The van der Waals surface area contributed by atoms with Crippen molar-refractivity contribution in [3.63, 3.8) is 0 Å². The summed E-state index contributed by atoms with van der Waals surface area (Å²) < 4.78 is 14.0. The number of hydrogen-bond donors (Lipinski definition) is 2. The number of nitrogens with two attached hydrogens (primary N) is 1. The molecular formula is C16H19BrFN3.